The fourth-order valence-corrected chi connectivity index (χ4v) is 2.54. The molecule has 0 saturated carbocycles. The van der Waals surface area contributed by atoms with E-state index >= 15 is 0 Å². The van der Waals surface area contributed by atoms with Gasteiger partial charge in [-0.15, -0.1) is 0 Å². The van der Waals surface area contributed by atoms with Gasteiger partial charge in [0.2, 0.25) is 0 Å². The van der Waals surface area contributed by atoms with Gasteiger partial charge in [0.25, 0.3) is 5.91 Å². The number of nitrogens with one attached hydrogen (secondary N) is 3. The highest BCUT2D eigenvalue weighted by Crippen LogP contribution is 2.19. The third kappa shape index (κ3) is 6.04. The lowest BCUT2D eigenvalue weighted by atomic mass is 10.1. The Balaban J connectivity index is 1.62. The molecule has 0 unspecified atom stereocenters. The van der Waals surface area contributed by atoms with Gasteiger partial charge in [-0.3, -0.25) is 14.4 Å². The van der Waals surface area contributed by atoms with Crippen LogP contribution in [0.4, 0.5) is 11.4 Å². The normalized spacial score (nSPS) is 10.5. The van der Waals surface area contributed by atoms with Crippen LogP contribution in [0.5, 0.6) is 5.75 Å². The molecule has 9 nitrogen and oxygen atoms in total. The highest BCUT2D eigenvalue weighted by molar-refractivity contribution is 6.40. The number of furan rings is 1. The van der Waals surface area contributed by atoms with Crippen LogP contribution in [0.2, 0.25) is 0 Å². The Hall–Kier alpha value is -4.40. The molecule has 2 aromatic carbocycles. The topological polar surface area (TPSA) is 122 Å². The van der Waals surface area contributed by atoms with Crippen molar-refractivity contribution in [1.82, 2.24) is 5.43 Å². The fraction of sp³-hybridized carbons (Fsp3) is 0.0909. The van der Waals surface area contributed by atoms with Crippen molar-refractivity contribution in [3.63, 3.8) is 0 Å². The van der Waals surface area contributed by atoms with E-state index in [1.165, 1.54) is 24.6 Å². The molecule has 9 heteroatoms. The molecule has 0 bridgehead atoms. The first-order valence-corrected chi connectivity index (χ1v) is 9.38. The van der Waals surface area contributed by atoms with Crippen LogP contribution in [0.15, 0.2) is 76.4 Å². The van der Waals surface area contributed by atoms with Gasteiger partial charge < -0.3 is 19.8 Å². The standard InChI is InChI=1S/C22H20N4O5/c1-2-30-16-11-9-15(10-12-16)24-20(27)18-7-3-4-8-19(18)25-21(28)22(29)26-23-14-17-6-5-13-31-17/h3-14H,2H2,1H3,(H,24,27)(H,25,28)(H,26,29)/b23-14+. The van der Waals surface area contributed by atoms with Crippen molar-refractivity contribution in [2.24, 2.45) is 5.10 Å². The van der Waals surface area contributed by atoms with E-state index in [2.05, 4.69) is 21.2 Å². The van der Waals surface area contributed by atoms with Crippen LogP contribution in [0.3, 0.4) is 0 Å². The van der Waals surface area contributed by atoms with Gasteiger partial charge in [0.15, 0.2) is 0 Å². The molecule has 158 valence electrons. The van der Waals surface area contributed by atoms with Gasteiger partial charge in [-0.25, -0.2) is 5.43 Å². The van der Waals surface area contributed by atoms with Crippen molar-refractivity contribution in [1.29, 1.82) is 0 Å². The van der Waals surface area contributed by atoms with Crippen LogP contribution >= 0.6 is 0 Å². The predicted octanol–water partition coefficient (Wildman–Crippen LogP) is 3.02. The number of hydrazone groups is 1. The summed E-state index contributed by atoms with van der Waals surface area (Å²) in [4.78, 5) is 36.8. The molecule has 0 fully saturated rings. The van der Waals surface area contributed by atoms with E-state index < -0.39 is 17.7 Å². The molecule has 31 heavy (non-hydrogen) atoms. The number of nitrogens with zero attached hydrogens (tertiary/aromatic N) is 1. The largest absolute Gasteiger partial charge is 0.494 e. The summed E-state index contributed by atoms with van der Waals surface area (Å²) >= 11 is 0. The Bertz CT molecular complexity index is 1080. The Kier molecular flexibility index (Phi) is 7.15. The molecule has 0 spiro atoms. The van der Waals surface area contributed by atoms with E-state index in [-0.39, 0.29) is 11.3 Å². The summed E-state index contributed by atoms with van der Waals surface area (Å²) in [5, 5.41) is 8.80. The van der Waals surface area contributed by atoms with Crippen molar-refractivity contribution >= 4 is 35.3 Å². The number of rotatable bonds is 7. The van der Waals surface area contributed by atoms with Crippen molar-refractivity contribution < 1.29 is 23.5 Å². The van der Waals surface area contributed by atoms with Gasteiger partial charge >= 0.3 is 11.8 Å². The van der Waals surface area contributed by atoms with Crippen LogP contribution in [0.25, 0.3) is 0 Å². The SMILES string of the molecule is CCOc1ccc(NC(=O)c2ccccc2NC(=O)C(=O)N/N=C/c2ccco2)cc1. The van der Waals surface area contributed by atoms with Crippen molar-refractivity contribution in [3.8, 4) is 5.75 Å². The Morgan fingerprint density at radius 3 is 2.45 bits per heavy atom. The van der Waals surface area contributed by atoms with Crippen molar-refractivity contribution in [2.45, 2.75) is 6.92 Å². The molecule has 0 saturated heterocycles. The summed E-state index contributed by atoms with van der Waals surface area (Å²) in [5.74, 6) is -1.32. The third-order valence-electron chi connectivity index (χ3n) is 3.95. The van der Waals surface area contributed by atoms with Gasteiger partial charge in [0, 0.05) is 5.69 Å². The fourth-order valence-electron chi connectivity index (χ4n) is 2.54. The molecule has 0 atom stereocenters. The monoisotopic (exact) mass is 420 g/mol. The second kappa shape index (κ2) is 10.4. The number of anilines is 2. The quantitative estimate of drug-likeness (QED) is 0.308. The van der Waals surface area contributed by atoms with Crippen LogP contribution in [0.1, 0.15) is 23.0 Å². The molecule has 0 radical (unpaired) electrons. The summed E-state index contributed by atoms with van der Waals surface area (Å²) in [6, 6.07) is 16.5. The number of carbonyl (C=O) groups excluding carboxylic acids is 3. The van der Waals surface area contributed by atoms with Crippen LogP contribution in [0, 0.1) is 0 Å². The second-order valence-electron chi connectivity index (χ2n) is 6.13. The summed E-state index contributed by atoms with van der Waals surface area (Å²) < 4.78 is 10.4. The van der Waals surface area contributed by atoms with Crippen LogP contribution in [-0.2, 0) is 9.59 Å². The number of para-hydroxylation sites is 1. The lowest BCUT2D eigenvalue weighted by Crippen LogP contribution is -2.33. The number of hydrogen-bond donors (Lipinski definition) is 3. The first kappa shape index (κ1) is 21.3. The molecule has 1 aromatic heterocycles. The Morgan fingerprint density at radius 2 is 1.74 bits per heavy atom. The van der Waals surface area contributed by atoms with E-state index in [0.717, 1.165) is 0 Å². The molecule has 0 aliphatic carbocycles. The number of benzene rings is 2. The molecule has 3 N–H and O–H groups in total. The number of carbonyl (C=O) groups is 3. The molecule has 1 heterocycles. The highest BCUT2D eigenvalue weighted by Gasteiger charge is 2.17. The number of hydrogen-bond acceptors (Lipinski definition) is 6. The zero-order valence-electron chi connectivity index (χ0n) is 16.6. The first-order valence-electron chi connectivity index (χ1n) is 9.38. The van der Waals surface area contributed by atoms with Crippen molar-refractivity contribution in [2.75, 3.05) is 17.2 Å². The maximum atomic E-state index is 12.7. The highest BCUT2D eigenvalue weighted by atomic mass is 16.5. The zero-order chi connectivity index (χ0) is 22.1. The first-order chi connectivity index (χ1) is 15.1. The summed E-state index contributed by atoms with van der Waals surface area (Å²) in [5.41, 5.74) is 3.02. The Labute approximate surface area is 178 Å². The molecule has 3 amide bonds. The average Bonchev–Trinajstić information content (AvgIpc) is 3.29. The zero-order valence-corrected chi connectivity index (χ0v) is 16.6. The molecule has 3 rings (SSSR count). The lowest BCUT2D eigenvalue weighted by molar-refractivity contribution is -0.136. The molecule has 0 aliphatic heterocycles. The van der Waals surface area contributed by atoms with Gasteiger partial charge in [-0.2, -0.15) is 5.10 Å². The van der Waals surface area contributed by atoms with Gasteiger partial charge in [0.05, 0.1) is 30.3 Å². The van der Waals surface area contributed by atoms with E-state index in [9.17, 15) is 14.4 Å². The lowest BCUT2D eigenvalue weighted by Gasteiger charge is -2.11. The van der Waals surface area contributed by atoms with E-state index in [0.29, 0.717) is 23.8 Å². The second-order valence-corrected chi connectivity index (χ2v) is 6.13. The number of ether oxygens (including phenoxy) is 1. The minimum absolute atomic E-state index is 0.182. The van der Waals surface area contributed by atoms with Gasteiger partial charge in [0.1, 0.15) is 11.5 Å². The van der Waals surface area contributed by atoms with Crippen LogP contribution < -0.4 is 20.8 Å². The van der Waals surface area contributed by atoms with E-state index in [1.54, 1.807) is 48.5 Å². The summed E-state index contributed by atoms with van der Waals surface area (Å²) in [6.45, 7) is 2.42. The maximum absolute atomic E-state index is 12.7. The molecular formula is C22H20N4O5. The maximum Gasteiger partial charge on any atom is 0.329 e. The molecule has 0 aliphatic rings. The smallest absolute Gasteiger partial charge is 0.329 e. The van der Waals surface area contributed by atoms with E-state index in [1.807, 2.05) is 6.92 Å². The minimum Gasteiger partial charge on any atom is -0.494 e. The number of amides is 3. The predicted molar refractivity (Wildman–Crippen MR) is 115 cm³/mol. The average molecular weight is 420 g/mol. The van der Waals surface area contributed by atoms with Crippen LogP contribution in [-0.4, -0.2) is 30.5 Å². The molecule has 3 aromatic rings. The summed E-state index contributed by atoms with van der Waals surface area (Å²) in [7, 11) is 0. The Morgan fingerprint density at radius 1 is 0.968 bits per heavy atom. The molecular weight excluding hydrogens is 400 g/mol. The van der Waals surface area contributed by atoms with E-state index in [4.69, 9.17) is 9.15 Å². The third-order valence-corrected chi connectivity index (χ3v) is 3.95. The van der Waals surface area contributed by atoms with Gasteiger partial charge in [-0.1, -0.05) is 12.1 Å². The minimum atomic E-state index is -0.996. The van der Waals surface area contributed by atoms with Crippen molar-refractivity contribution in [3.05, 3.63) is 78.3 Å². The van der Waals surface area contributed by atoms with Gasteiger partial charge in [-0.05, 0) is 55.5 Å². The summed E-state index contributed by atoms with van der Waals surface area (Å²) in [6.07, 6.45) is 2.70.